The van der Waals surface area contributed by atoms with Crippen molar-refractivity contribution in [1.82, 2.24) is 14.7 Å². The number of nitrogens with zero attached hydrogens (tertiary/aromatic N) is 3. The van der Waals surface area contributed by atoms with E-state index < -0.39 is 15.8 Å². The molecule has 1 aliphatic rings. The number of carboxylic acids is 1. The van der Waals surface area contributed by atoms with E-state index in [0.29, 0.717) is 13.0 Å². The van der Waals surface area contributed by atoms with Gasteiger partial charge in [-0.3, -0.25) is 14.4 Å². The van der Waals surface area contributed by atoms with Crippen LogP contribution in [-0.2, 0) is 28.2 Å². The van der Waals surface area contributed by atoms with Crippen molar-refractivity contribution in [3.8, 4) is 0 Å². The van der Waals surface area contributed by atoms with Gasteiger partial charge in [-0.15, -0.1) is 0 Å². The molecule has 0 radical (unpaired) electrons. The van der Waals surface area contributed by atoms with Gasteiger partial charge in [0.2, 0.25) is 0 Å². The smallest absolute Gasteiger partial charge is 0.317 e. The summed E-state index contributed by atoms with van der Waals surface area (Å²) in [5.41, 5.74) is 1.74. The van der Waals surface area contributed by atoms with Gasteiger partial charge >= 0.3 is 5.97 Å². The number of sulfone groups is 1. The average molecular weight is 301 g/mol. The summed E-state index contributed by atoms with van der Waals surface area (Å²) in [6, 6.07) is 1.66. The lowest BCUT2D eigenvalue weighted by molar-refractivity contribution is -0.139. The molecule has 1 fully saturated rings. The average Bonchev–Trinajstić information content (AvgIpc) is 2.80. The summed E-state index contributed by atoms with van der Waals surface area (Å²) in [7, 11) is -1.23. The number of hydrogen-bond donors (Lipinski definition) is 1. The van der Waals surface area contributed by atoms with Crippen LogP contribution in [0.3, 0.4) is 0 Å². The highest BCUT2D eigenvalue weighted by Crippen LogP contribution is 2.20. The minimum absolute atomic E-state index is 0.0388. The summed E-state index contributed by atoms with van der Waals surface area (Å²) in [4.78, 5) is 12.7. The third-order valence-electron chi connectivity index (χ3n) is 3.53. The molecule has 20 heavy (non-hydrogen) atoms. The SMILES string of the molecule is Cc1cc(CN(CC(=O)O)C2CCS(=O)(=O)C2)n(C)n1. The molecule has 7 nitrogen and oxygen atoms in total. The highest BCUT2D eigenvalue weighted by molar-refractivity contribution is 7.91. The summed E-state index contributed by atoms with van der Waals surface area (Å²) in [5.74, 6) is -0.775. The van der Waals surface area contributed by atoms with Gasteiger partial charge in [-0.05, 0) is 19.4 Å². The normalized spacial score (nSPS) is 21.4. The van der Waals surface area contributed by atoms with Gasteiger partial charge in [-0.1, -0.05) is 0 Å². The number of rotatable bonds is 5. The molecule has 0 aromatic carbocycles. The van der Waals surface area contributed by atoms with E-state index in [9.17, 15) is 13.2 Å². The lowest BCUT2D eigenvalue weighted by Crippen LogP contribution is -2.39. The van der Waals surface area contributed by atoms with E-state index in [2.05, 4.69) is 5.10 Å². The Morgan fingerprint density at radius 1 is 1.60 bits per heavy atom. The Morgan fingerprint density at radius 3 is 2.75 bits per heavy atom. The van der Waals surface area contributed by atoms with Crippen molar-refractivity contribution < 1.29 is 18.3 Å². The minimum Gasteiger partial charge on any atom is -0.480 e. The third kappa shape index (κ3) is 3.57. The molecule has 1 unspecified atom stereocenters. The maximum absolute atomic E-state index is 11.6. The number of aryl methyl sites for hydroxylation is 2. The van der Waals surface area contributed by atoms with E-state index in [1.165, 1.54) is 0 Å². The molecule has 112 valence electrons. The first-order valence-corrected chi connectivity index (χ1v) is 8.25. The number of hydrogen-bond acceptors (Lipinski definition) is 5. The molecule has 0 saturated carbocycles. The van der Waals surface area contributed by atoms with Crippen molar-refractivity contribution in [3.63, 3.8) is 0 Å². The van der Waals surface area contributed by atoms with Crippen LogP contribution < -0.4 is 0 Å². The highest BCUT2D eigenvalue weighted by atomic mass is 32.2. The zero-order valence-electron chi connectivity index (χ0n) is 11.6. The molecule has 0 amide bonds. The van der Waals surface area contributed by atoms with E-state index in [1.807, 2.05) is 13.0 Å². The van der Waals surface area contributed by atoms with Crippen LogP contribution in [0.5, 0.6) is 0 Å². The second-order valence-corrected chi connectivity index (χ2v) is 7.48. The molecule has 1 atom stereocenters. The molecule has 1 aromatic heterocycles. The van der Waals surface area contributed by atoms with E-state index in [-0.39, 0.29) is 24.1 Å². The lowest BCUT2D eigenvalue weighted by atomic mass is 10.2. The molecule has 2 heterocycles. The second kappa shape index (κ2) is 5.53. The van der Waals surface area contributed by atoms with Crippen LogP contribution in [0.1, 0.15) is 17.8 Å². The second-order valence-electron chi connectivity index (χ2n) is 5.26. The van der Waals surface area contributed by atoms with Gasteiger partial charge < -0.3 is 5.11 Å². The predicted molar refractivity (Wildman–Crippen MR) is 73.0 cm³/mol. The fraction of sp³-hybridized carbons (Fsp3) is 0.667. The zero-order chi connectivity index (χ0) is 14.9. The molecule has 1 N–H and O–H groups in total. The molecule has 0 bridgehead atoms. The van der Waals surface area contributed by atoms with Gasteiger partial charge in [-0.2, -0.15) is 5.10 Å². The molecular weight excluding hydrogens is 282 g/mol. The van der Waals surface area contributed by atoms with Crippen LogP contribution in [0, 0.1) is 6.92 Å². The molecule has 2 rings (SSSR count). The lowest BCUT2D eigenvalue weighted by Gasteiger charge is -2.26. The zero-order valence-corrected chi connectivity index (χ0v) is 12.4. The summed E-state index contributed by atoms with van der Waals surface area (Å²) < 4.78 is 24.8. The van der Waals surface area contributed by atoms with Crippen LogP contribution in [0.2, 0.25) is 0 Å². The first-order valence-electron chi connectivity index (χ1n) is 6.42. The molecular formula is C12H19N3O4S. The van der Waals surface area contributed by atoms with E-state index in [0.717, 1.165) is 11.4 Å². The molecule has 1 saturated heterocycles. The third-order valence-corrected chi connectivity index (χ3v) is 5.28. The maximum atomic E-state index is 11.6. The first-order chi connectivity index (χ1) is 9.27. The number of carboxylic acid groups (broad SMARTS) is 1. The Balaban J connectivity index is 2.16. The van der Waals surface area contributed by atoms with Crippen molar-refractivity contribution in [1.29, 1.82) is 0 Å². The van der Waals surface area contributed by atoms with Gasteiger partial charge in [0.25, 0.3) is 0 Å². The van der Waals surface area contributed by atoms with E-state index >= 15 is 0 Å². The van der Waals surface area contributed by atoms with Crippen LogP contribution in [0.15, 0.2) is 6.07 Å². The number of aromatic nitrogens is 2. The molecule has 0 aliphatic carbocycles. The van der Waals surface area contributed by atoms with Crippen LogP contribution in [-0.4, -0.2) is 58.3 Å². The Hall–Kier alpha value is -1.41. The van der Waals surface area contributed by atoms with Crippen molar-refractivity contribution in [2.75, 3.05) is 18.1 Å². The Bertz CT molecular complexity index is 608. The van der Waals surface area contributed by atoms with Crippen molar-refractivity contribution in [2.45, 2.75) is 25.9 Å². The van der Waals surface area contributed by atoms with Crippen molar-refractivity contribution in [3.05, 3.63) is 17.5 Å². The van der Waals surface area contributed by atoms with Gasteiger partial charge in [-0.25, -0.2) is 8.42 Å². The maximum Gasteiger partial charge on any atom is 0.317 e. The predicted octanol–water partition coefficient (Wildman–Crippen LogP) is -0.198. The summed E-state index contributed by atoms with van der Waals surface area (Å²) in [6.45, 7) is 2.10. The molecule has 1 aromatic rings. The van der Waals surface area contributed by atoms with E-state index in [4.69, 9.17) is 5.11 Å². The summed E-state index contributed by atoms with van der Waals surface area (Å²) >= 11 is 0. The van der Waals surface area contributed by atoms with Crippen LogP contribution in [0.25, 0.3) is 0 Å². The van der Waals surface area contributed by atoms with Gasteiger partial charge in [0.15, 0.2) is 9.84 Å². The quantitative estimate of drug-likeness (QED) is 0.810. The first kappa shape index (κ1) is 15.0. The fourth-order valence-electron chi connectivity index (χ4n) is 2.57. The Labute approximate surface area is 118 Å². The summed E-state index contributed by atoms with van der Waals surface area (Å²) in [6.07, 6.45) is 0.493. The van der Waals surface area contributed by atoms with Crippen LogP contribution >= 0.6 is 0 Å². The standard InChI is InChI=1S/C12H19N3O4S/c1-9-5-11(14(2)13-9)6-15(7-12(16)17)10-3-4-20(18,19)8-10/h5,10H,3-4,6-8H2,1-2H3,(H,16,17). The monoisotopic (exact) mass is 301 g/mol. The van der Waals surface area contributed by atoms with Crippen LogP contribution in [0.4, 0.5) is 0 Å². The van der Waals surface area contributed by atoms with Gasteiger partial charge in [0.05, 0.1) is 29.4 Å². The van der Waals surface area contributed by atoms with Crippen molar-refractivity contribution in [2.24, 2.45) is 7.05 Å². The molecule has 0 spiro atoms. The number of aliphatic carboxylic acids is 1. The largest absolute Gasteiger partial charge is 0.480 e. The molecule has 1 aliphatic heterocycles. The highest BCUT2D eigenvalue weighted by Gasteiger charge is 2.33. The fourth-order valence-corrected chi connectivity index (χ4v) is 4.33. The number of carbonyl (C=O) groups is 1. The topological polar surface area (TPSA) is 92.5 Å². The van der Waals surface area contributed by atoms with Gasteiger partial charge in [0.1, 0.15) is 0 Å². The van der Waals surface area contributed by atoms with Gasteiger partial charge in [0, 0.05) is 19.6 Å². The molecule has 8 heteroatoms. The van der Waals surface area contributed by atoms with Crippen molar-refractivity contribution >= 4 is 15.8 Å². The summed E-state index contributed by atoms with van der Waals surface area (Å²) in [5, 5.41) is 13.2. The Kier molecular flexibility index (Phi) is 4.14. The minimum atomic E-state index is -3.03. The van der Waals surface area contributed by atoms with E-state index in [1.54, 1.807) is 16.6 Å². The Morgan fingerprint density at radius 2 is 2.30 bits per heavy atom.